The smallest absolute Gasteiger partial charge is 0.419 e. The standard InChI is InChI=1S/C20H23N3O4/c1-2-22-16-10-9-14(13-18(16)27-20(22)25)21-19(24)23-11-5-3-4-7-15(23)17-8-6-12-26-17/h6,8-10,12-13,15H,2-5,7,11H2,1H3,(H,21,24)/t15-/m0/s1. The molecular weight excluding hydrogens is 346 g/mol. The van der Waals surface area contributed by atoms with Gasteiger partial charge >= 0.3 is 11.8 Å². The van der Waals surface area contributed by atoms with Crippen LogP contribution in [0, 0.1) is 0 Å². The Morgan fingerprint density at radius 2 is 2.15 bits per heavy atom. The first-order chi connectivity index (χ1) is 13.2. The molecule has 0 saturated carbocycles. The van der Waals surface area contributed by atoms with Crippen molar-refractivity contribution in [2.24, 2.45) is 0 Å². The van der Waals surface area contributed by atoms with E-state index < -0.39 is 0 Å². The largest absolute Gasteiger partial charge is 0.467 e. The van der Waals surface area contributed by atoms with E-state index in [-0.39, 0.29) is 17.8 Å². The fraction of sp³-hybridized carbons (Fsp3) is 0.400. The van der Waals surface area contributed by atoms with Crippen LogP contribution in [-0.2, 0) is 6.54 Å². The first-order valence-electron chi connectivity index (χ1n) is 9.42. The molecule has 7 nitrogen and oxygen atoms in total. The number of nitrogens with zero attached hydrogens (tertiary/aromatic N) is 2. The van der Waals surface area contributed by atoms with Crippen molar-refractivity contribution in [2.45, 2.75) is 45.2 Å². The van der Waals surface area contributed by atoms with Gasteiger partial charge in [0.1, 0.15) is 5.76 Å². The van der Waals surface area contributed by atoms with Gasteiger partial charge in [-0.3, -0.25) is 4.57 Å². The summed E-state index contributed by atoms with van der Waals surface area (Å²) in [4.78, 5) is 26.7. The number of carbonyl (C=O) groups excluding carboxylic acids is 1. The van der Waals surface area contributed by atoms with Gasteiger partial charge in [-0.15, -0.1) is 0 Å². The Hall–Kier alpha value is -2.96. The van der Waals surface area contributed by atoms with Gasteiger partial charge in [0.05, 0.1) is 17.8 Å². The van der Waals surface area contributed by atoms with Crippen LogP contribution in [0.5, 0.6) is 0 Å². The van der Waals surface area contributed by atoms with E-state index in [0.717, 1.165) is 37.0 Å². The lowest BCUT2D eigenvalue weighted by Crippen LogP contribution is -2.37. The topological polar surface area (TPSA) is 80.6 Å². The van der Waals surface area contributed by atoms with E-state index in [2.05, 4.69) is 5.32 Å². The Balaban J connectivity index is 1.58. The minimum absolute atomic E-state index is 0.0645. The molecule has 3 aromatic rings. The minimum atomic E-state index is -0.388. The molecule has 1 atom stereocenters. The summed E-state index contributed by atoms with van der Waals surface area (Å²) < 4.78 is 12.4. The number of likely N-dealkylation sites (tertiary alicyclic amines) is 1. The van der Waals surface area contributed by atoms with Gasteiger partial charge in [-0.1, -0.05) is 12.8 Å². The molecule has 0 spiro atoms. The van der Waals surface area contributed by atoms with Crippen LogP contribution < -0.4 is 11.1 Å². The highest BCUT2D eigenvalue weighted by Crippen LogP contribution is 2.31. The number of oxazole rings is 1. The van der Waals surface area contributed by atoms with Crippen molar-refractivity contribution in [3.63, 3.8) is 0 Å². The molecule has 3 heterocycles. The van der Waals surface area contributed by atoms with Crippen molar-refractivity contribution in [3.8, 4) is 0 Å². The number of nitrogens with one attached hydrogen (secondary N) is 1. The van der Waals surface area contributed by atoms with E-state index in [0.29, 0.717) is 24.4 Å². The Morgan fingerprint density at radius 3 is 2.93 bits per heavy atom. The summed E-state index contributed by atoms with van der Waals surface area (Å²) in [7, 11) is 0. The number of aromatic nitrogens is 1. The van der Waals surface area contributed by atoms with Gasteiger partial charge in [-0.25, -0.2) is 9.59 Å². The third kappa shape index (κ3) is 3.37. The molecule has 27 heavy (non-hydrogen) atoms. The van der Waals surface area contributed by atoms with E-state index in [1.807, 2.05) is 24.0 Å². The molecule has 0 bridgehead atoms. The van der Waals surface area contributed by atoms with Gasteiger partial charge < -0.3 is 19.1 Å². The molecule has 7 heteroatoms. The minimum Gasteiger partial charge on any atom is -0.467 e. The summed E-state index contributed by atoms with van der Waals surface area (Å²) >= 11 is 0. The van der Waals surface area contributed by atoms with Gasteiger partial charge in [0.2, 0.25) is 0 Å². The second kappa shape index (κ2) is 7.34. The Bertz CT molecular complexity index is 986. The Kier molecular flexibility index (Phi) is 4.75. The fourth-order valence-electron chi connectivity index (χ4n) is 3.77. The van der Waals surface area contributed by atoms with Crippen LogP contribution in [0.25, 0.3) is 11.1 Å². The van der Waals surface area contributed by atoms with Crippen molar-refractivity contribution in [1.29, 1.82) is 0 Å². The number of hydrogen-bond donors (Lipinski definition) is 1. The Morgan fingerprint density at radius 1 is 1.26 bits per heavy atom. The fourth-order valence-corrected chi connectivity index (χ4v) is 3.77. The van der Waals surface area contributed by atoms with Gasteiger partial charge in [0.15, 0.2) is 5.58 Å². The van der Waals surface area contributed by atoms with E-state index >= 15 is 0 Å². The van der Waals surface area contributed by atoms with Gasteiger partial charge in [-0.05, 0) is 44.0 Å². The zero-order valence-corrected chi connectivity index (χ0v) is 15.3. The molecule has 2 amide bonds. The molecule has 1 N–H and O–H groups in total. The monoisotopic (exact) mass is 369 g/mol. The molecule has 4 rings (SSSR count). The number of aryl methyl sites for hydroxylation is 1. The summed E-state index contributed by atoms with van der Waals surface area (Å²) in [5.74, 6) is 0.426. The van der Waals surface area contributed by atoms with Crippen molar-refractivity contribution in [1.82, 2.24) is 9.47 Å². The first kappa shape index (κ1) is 17.5. The van der Waals surface area contributed by atoms with E-state index in [1.54, 1.807) is 29.0 Å². The maximum absolute atomic E-state index is 13.0. The number of hydrogen-bond acceptors (Lipinski definition) is 4. The SMILES string of the molecule is CCn1c(=O)oc2cc(NC(=O)N3CCCCC[C@H]3c3ccco3)ccc21. The van der Waals surface area contributed by atoms with Crippen LogP contribution in [0.2, 0.25) is 0 Å². The number of fused-ring (bicyclic) bond motifs is 1. The molecule has 1 saturated heterocycles. The molecule has 1 aromatic carbocycles. The summed E-state index contributed by atoms with van der Waals surface area (Å²) in [6.45, 7) is 3.11. The maximum Gasteiger partial charge on any atom is 0.419 e. The number of benzene rings is 1. The molecule has 1 fully saturated rings. The highest BCUT2D eigenvalue weighted by molar-refractivity contribution is 5.91. The zero-order chi connectivity index (χ0) is 18.8. The third-order valence-corrected chi connectivity index (χ3v) is 5.12. The Labute approximate surface area is 156 Å². The molecule has 0 unspecified atom stereocenters. The molecule has 0 aliphatic carbocycles. The van der Waals surface area contributed by atoms with Crippen molar-refractivity contribution in [2.75, 3.05) is 11.9 Å². The predicted molar refractivity (Wildman–Crippen MR) is 102 cm³/mol. The van der Waals surface area contributed by atoms with E-state index in [4.69, 9.17) is 8.83 Å². The highest BCUT2D eigenvalue weighted by Gasteiger charge is 2.28. The third-order valence-electron chi connectivity index (χ3n) is 5.12. The van der Waals surface area contributed by atoms with E-state index in [1.165, 1.54) is 0 Å². The average Bonchev–Trinajstić information content (AvgIpc) is 3.21. The second-order valence-corrected chi connectivity index (χ2v) is 6.80. The van der Waals surface area contributed by atoms with Crippen LogP contribution in [0.3, 0.4) is 0 Å². The number of urea groups is 1. The van der Waals surface area contributed by atoms with Crippen molar-refractivity contribution < 1.29 is 13.6 Å². The van der Waals surface area contributed by atoms with Gasteiger partial charge in [-0.2, -0.15) is 0 Å². The van der Waals surface area contributed by atoms with Crippen LogP contribution in [0.1, 0.15) is 44.4 Å². The van der Waals surface area contributed by atoms with Gasteiger partial charge in [0, 0.05) is 24.8 Å². The number of furan rings is 1. The summed E-state index contributed by atoms with van der Waals surface area (Å²) in [6.07, 6.45) is 5.66. The van der Waals surface area contributed by atoms with Crippen molar-refractivity contribution in [3.05, 3.63) is 52.9 Å². The van der Waals surface area contributed by atoms with Crippen LogP contribution in [0.4, 0.5) is 10.5 Å². The second-order valence-electron chi connectivity index (χ2n) is 6.80. The van der Waals surface area contributed by atoms with E-state index in [9.17, 15) is 9.59 Å². The van der Waals surface area contributed by atoms with Crippen LogP contribution in [0.15, 0.2) is 50.2 Å². The average molecular weight is 369 g/mol. The molecule has 2 aromatic heterocycles. The number of amides is 2. The lowest BCUT2D eigenvalue weighted by Gasteiger charge is -2.28. The number of anilines is 1. The summed E-state index contributed by atoms with van der Waals surface area (Å²) in [5, 5.41) is 2.94. The normalized spacial score (nSPS) is 17.8. The molecule has 1 aliphatic heterocycles. The maximum atomic E-state index is 13.0. The van der Waals surface area contributed by atoms with Crippen LogP contribution >= 0.6 is 0 Å². The molecule has 0 radical (unpaired) electrons. The van der Waals surface area contributed by atoms with Crippen molar-refractivity contribution >= 4 is 22.8 Å². The summed E-state index contributed by atoms with van der Waals surface area (Å²) in [6, 6.07) is 8.82. The highest BCUT2D eigenvalue weighted by atomic mass is 16.4. The first-order valence-corrected chi connectivity index (χ1v) is 9.42. The zero-order valence-electron chi connectivity index (χ0n) is 15.3. The van der Waals surface area contributed by atoms with Gasteiger partial charge in [0.25, 0.3) is 0 Å². The quantitative estimate of drug-likeness (QED) is 0.744. The predicted octanol–water partition coefficient (Wildman–Crippen LogP) is 4.36. The lowest BCUT2D eigenvalue weighted by atomic mass is 10.1. The number of rotatable bonds is 3. The molecule has 1 aliphatic rings. The van der Waals surface area contributed by atoms with Crippen LogP contribution in [-0.4, -0.2) is 22.0 Å². The lowest BCUT2D eigenvalue weighted by molar-refractivity contribution is 0.179. The number of carbonyl (C=O) groups is 1. The summed E-state index contributed by atoms with van der Waals surface area (Å²) in [5.41, 5.74) is 1.80. The molecule has 142 valence electrons. The molecular formula is C20H23N3O4.